The van der Waals surface area contributed by atoms with Gasteiger partial charge in [0.25, 0.3) is 0 Å². The van der Waals surface area contributed by atoms with Crippen molar-refractivity contribution in [3.63, 3.8) is 0 Å². The number of piperidine rings is 1. The van der Waals surface area contributed by atoms with Crippen molar-refractivity contribution in [1.82, 2.24) is 9.80 Å². The SMILES string of the molecule is COC1CCN(c2cc(C(F)(F)F)ccc2CN2CCN(C(=O)OC(C)(C)C)CC2)CC1. The van der Waals surface area contributed by atoms with E-state index in [2.05, 4.69) is 4.90 Å². The summed E-state index contributed by atoms with van der Waals surface area (Å²) in [5.74, 6) is 0. The molecule has 2 fully saturated rings. The second-order valence-corrected chi connectivity index (χ2v) is 9.51. The molecule has 3 rings (SSSR count). The van der Waals surface area contributed by atoms with E-state index in [1.807, 2.05) is 25.7 Å². The van der Waals surface area contributed by atoms with Gasteiger partial charge in [0.15, 0.2) is 0 Å². The Morgan fingerprint density at radius 2 is 1.66 bits per heavy atom. The maximum Gasteiger partial charge on any atom is 0.416 e. The Kier molecular flexibility index (Phi) is 7.60. The van der Waals surface area contributed by atoms with Gasteiger partial charge in [0.1, 0.15) is 5.60 Å². The number of rotatable bonds is 4. The van der Waals surface area contributed by atoms with Crippen LogP contribution in [0, 0.1) is 0 Å². The van der Waals surface area contributed by atoms with E-state index in [0.29, 0.717) is 51.5 Å². The molecule has 1 aromatic rings. The molecule has 2 aliphatic heterocycles. The third-order valence-corrected chi connectivity index (χ3v) is 5.95. The van der Waals surface area contributed by atoms with Gasteiger partial charge in [-0.1, -0.05) is 6.07 Å². The molecule has 2 saturated heterocycles. The Morgan fingerprint density at radius 1 is 1.03 bits per heavy atom. The number of alkyl halides is 3. The van der Waals surface area contributed by atoms with E-state index in [9.17, 15) is 18.0 Å². The molecule has 1 amide bonds. The average molecular weight is 458 g/mol. The van der Waals surface area contributed by atoms with E-state index in [-0.39, 0.29) is 12.2 Å². The van der Waals surface area contributed by atoms with Crippen LogP contribution in [-0.4, -0.2) is 74.0 Å². The molecule has 0 spiro atoms. The van der Waals surface area contributed by atoms with Crippen molar-refractivity contribution in [2.45, 2.75) is 58.0 Å². The number of methoxy groups -OCH3 is 1. The topological polar surface area (TPSA) is 45.2 Å². The number of carbonyl (C=O) groups is 1. The lowest BCUT2D eigenvalue weighted by atomic mass is 10.0. The normalized spacial score (nSPS) is 19.3. The number of amides is 1. The van der Waals surface area contributed by atoms with Crippen LogP contribution in [0.2, 0.25) is 0 Å². The van der Waals surface area contributed by atoms with Gasteiger partial charge in [0.05, 0.1) is 11.7 Å². The Hall–Kier alpha value is -2.00. The molecule has 0 atom stereocenters. The van der Waals surface area contributed by atoms with Gasteiger partial charge in [-0.15, -0.1) is 0 Å². The van der Waals surface area contributed by atoms with Crippen LogP contribution in [0.3, 0.4) is 0 Å². The Bertz CT molecular complexity index is 779. The largest absolute Gasteiger partial charge is 0.444 e. The fourth-order valence-corrected chi connectivity index (χ4v) is 4.16. The number of halogens is 3. The number of anilines is 1. The van der Waals surface area contributed by atoms with Crippen LogP contribution in [-0.2, 0) is 22.2 Å². The molecular formula is C23H34F3N3O3. The van der Waals surface area contributed by atoms with E-state index in [1.165, 1.54) is 6.07 Å². The minimum atomic E-state index is -4.38. The number of carbonyl (C=O) groups excluding carboxylic acids is 1. The first kappa shape index (κ1) is 24.6. The zero-order chi connectivity index (χ0) is 23.5. The fourth-order valence-electron chi connectivity index (χ4n) is 4.16. The molecular weight excluding hydrogens is 423 g/mol. The summed E-state index contributed by atoms with van der Waals surface area (Å²) < 4.78 is 51.0. The number of ether oxygens (including phenoxy) is 2. The second kappa shape index (κ2) is 9.87. The molecule has 0 radical (unpaired) electrons. The molecule has 9 heteroatoms. The smallest absolute Gasteiger partial charge is 0.416 e. The lowest BCUT2D eigenvalue weighted by Gasteiger charge is -2.37. The van der Waals surface area contributed by atoms with Gasteiger partial charge in [-0.3, -0.25) is 4.90 Å². The highest BCUT2D eigenvalue weighted by Gasteiger charge is 2.33. The van der Waals surface area contributed by atoms with E-state index in [1.54, 1.807) is 18.1 Å². The highest BCUT2D eigenvalue weighted by Crippen LogP contribution is 2.35. The van der Waals surface area contributed by atoms with Gasteiger partial charge < -0.3 is 19.3 Å². The minimum absolute atomic E-state index is 0.154. The fraction of sp³-hybridized carbons (Fsp3) is 0.696. The van der Waals surface area contributed by atoms with E-state index >= 15 is 0 Å². The van der Waals surface area contributed by atoms with Crippen LogP contribution in [0.1, 0.15) is 44.7 Å². The third kappa shape index (κ3) is 6.51. The maximum atomic E-state index is 13.4. The first-order chi connectivity index (χ1) is 15.0. The van der Waals surface area contributed by atoms with Crippen LogP contribution < -0.4 is 4.90 Å². The Morgan fingerprint density at radius 3 is 2.19 bits per heavy atom. The number of hydrogen-bond acceptors (Lipinski definition) is 5. The third-order valence-electron chi connectivity index (χ3n) is 5.95. The van der Waals surface area contributed by atoms with Crippen LogP contribution in [0.5, 0.6) is 0 Å². The molecule has 2 heterocycles. The molecule has 0 aromatic heterocycles. The van der Waals surface area contributed by atoms with E-state index < -0.39 is 17.3 Å². The molecule has 0 aliphatic carbocycles. The van der Waals surface area contributed by atoms with Gasteiger partial charge in [-0.2, -0.15) is 13.2 Å². The maximum absolute atomic E-state index is 13.4. The van der Waals surface area contributed by atoms with Gasteiger partial charge >= 0.3 is 12.3 Å². The number of hydrogen-bond donors (Lipinski definition) is 0. The first-order valence-electron chi connectivity index (χ1n) is 11.1. The van der Waals surface area contributed by atoms with Gasteiger partial charge in [0, 0.05) is 58.6 Å². The molecule has 0 bridgehead atoms. The summed E-state index contributed by atoms with van der Waals surface area (Å²) in [5, 5.41) is 0. The van der Waals surface area contributed by atoms with Gasteiger partial charge in [-0.25, -0.2) is 4.79 Å². The minimum Gasteiger partial charge on any atom is -0.444 e. The standard InChI is InChI=1S/C23H34F3N3O3/c1-22(2,3)32-21(30)29-13-11-27(12-14-29)16-17-5-6-18(23(24,25)26)15-20(17)28-9-7-19(31-4)8-10-28/h5-6,15,19H,7-14,16H2,1-4H3. The van der Waals surface area contributed by atoms with E-state index in [0.717, 1.165) is 24.5 Å². The van der Waals surface area contributed by atoms with Crippen LogP contribution in [0.15, 0.2) is 18.2 Å². The lowest BCUT2D eigenvalue weighted by molar-refractivity contribution is -0.137. The molecule has 2 aliphatic rings. The van der Waals surface area contributed by atoms with Gasteiger partial charge in [-0.05, 0) is 51.3 Å². The monoisotopic (exact) mass is 457 g/mol. The van der Waals surface area contributed by atoms with E-state index in [4.69, 9.17) is 9.47 Å². The van der Waals surface area contributed by atoms with Gasteiger partial charge in [0.2, 0.25) is 0 Å². The highest BCUT2D eigenvalue weighted by atomic mass is 19.4. The van der Waals surface area contributed by atoms with Crippen molar-refractivity contribution in [3.8, 4) is 0 Å². The van der Waals surface area contributed by atoms with Crippen molar-refractivity contribution < 1.29 is 27.4 Å². The van der Waals surface area contributed by atoms with Crippen LogP contribution >= 0.6 is 0 Å². The van der Waals surface area contributed by atoms with Crippen molar-refractivity contribution in [2.24, 2.45) is 0 Å². The summed E-state index contributed by atoms with van der Waals surface area (Å²) in [6, 6.07) is 4.04. The quantitative estimate of drug-likeness (QED) is 0.672. The molecule has 0 saturated carbocycles. The highest BCUT2D eigenvalue weighted by molar-refractivity contribution is 5.68. The van der Waals surface area contributed by atoms with Crippen LogP contribution in [0.4, 0.5) is 23.7 Å². The Labute approximate surface area is 188 Å². The Balaban J connectivity index is 1.69. The first-order valence-corrected chi connectivity index (χ1v) is 11.1. The molecule has 180 valence electrons. The molecule has 6 nitrogen and oxygen atoms in total. The summed E-state index contributed by atoms with van der Waals surface area (Å²) >= 11 is 0. The predicted octanol–water partition coefficient (Wildman–Crippen LogP) is 4.37. The summed E-state index contributed by atoms with van der Waals surface area (Å²) in [6.07, 6.45) is -2.96. The molecule has 32 heavy (non-hydrogen) atoms. The average Bonchev–Trinajstić information content (AvgIpc) is 2.72. The molecule has 0 unspecified atom stereocenters. The summed E-state index contributed by atoms with van der Waals surface area (Å²) in [6.45, 7) is 9.73. The lowest BCUT2D eigenvalue weighted by Crippen LogP contribution is -2.49. The predicted molar refractivity (Wildman–Crippen MR) is 117 cm³/mol. The number of nitrogens with zero attached hydrogens (tertiary/aromatic N) is 3. The van der Waals surface area contributed by atoms with Crippen molar-refractivity contribution in [2.75, 3.05) is 51.3 Å². The second-order valence-electron chi connectivity index (χ2n) is 9.51. The summed E-state index contributed by atoms with van der Waals surface area (Å²) in [5.41, 5.74) is 0.350. The van der Waals surface area contributed by atoms with Crippen molar-refractivity contribution >= 4 is 11.8 Å². The van der Waals surface area contributed by atoms with Crippen molar-refractivity contribution in [3.05, 3.63) is 29.3 Å². The zero-order valence-electron chi connectivity index (χ0n) is 19.4. The molecule has 1 aromatic carbocycles. The van der Waals surface area contributed by atoms with Crippen molar-refractivity contribution in [1.29, 1.82) is 0 Å². The summed E-state index contributed by atoms with van der Waals surface area (Å²) in [4.78, 5) is 18.2. The van der Waals surface area contributed by atoms with Crippen LogP contribution in [0.25, 0.3) is 0 Å². The number of benzene rings is 1. The summed E-state index contributed by atoms with van der Waals surface area (Å²) in [7, 11) is 1.67. The molecule has 0 N–H and O–H groups in total. The zero-order valence-corrected chi connectivity index (χ0v) is 19.4. The number of piperazine rings is 1.